The Bertz CT molecular complexity index is 887. The Balaban J connectivity index is 2.19. The minimum Gasteiger partial charge on any atom is -0.493 e. The summed E-state index contributed by atoms with van der Waals surface area (Å²) in [6, 6.07) is 11.4. The van der Waals surface area contributed by atoms with Crippen molar-refractivity contribution < 1.29 is 14.3 Å². The molecule has 2 aromatic carbocycles. The maximum Gasteiger partial charge on any atom is 0.247 e. The third-order valence-electron chi connectivity index (χ3n) is 4.77. The Labute approximate surface area is 165 Å². The Morgan fingerprint density at radius 1 is 1.11 bits per heavy atom. The highest BCUT2D eigenvalue weighted by atomic mass is 35.5. The SMILES string of the molecule is COc1cc2c(cc1OC)[C@H](c1ccccc1Cl)N(C(=O)C=C(C)C)CC2. The van der Waals surface area contributed by atoms with Gasteiger partial charge in [0.15, 0.2) is 11.5 Å². The molecule has 0 saturated carbocycles. The second-order valence-electron chi connectivity index (χ2n) is 6.83. The van der Waals surface area contributed by atoms with E-state index in [1.165, 1.54) is 0 Å². The number of benzene rings is 2. The molecule has 0 spiro atoms. The predicted molar refractivity (Wildman–Crippen MR) is 108 cm³/mol. The highest BCUT2D eigenvalue weighted by Crippen LogP contribution is 2.42. The molecule has 1 atom stereocenters. The van der Waals surface area contributed by atoms with Crippen LogP contribution >= 0.6 is 11.6 Å². The summed E-state index contributed by atoms with van der Waals surface area (Å²) in [5, 5.41) is 0.639. The second kappa shape index (κ2) is 8.05. The van der Waals surface area contributed by atoms with Crippen molar-refractivity contribution in [3.8, 4) is 11.5 Å². The average molecular weight is 386 g/mol. The van der Waals surface area contributed by atoms with Gasteiger partial charge in [-0.15, -0.1) is 0 Å². The maximum absolute atomic E-state index is 12.9. The molecule has 0 radical (unpaired) electrons. The van der Waals surface area contributed by atoms with Gasteiger partial charge in [-0.1, -0.05) is 35.4 Å². The number of carbonyl (C=O) groups is 1. The molecule has 2 aromatic rings. The molecule has 142 valence electrons. The van der Waals surface area contributed by atoms with E-state index in [1.54, 1.807) is 20.3 Å². The summed E-state index contributed by atoms with van der Waals surface area (Å²) < 4.78 is 11.0. The lowest BCUT2D eigenvalue weighted by atomic mass is 9.87. The molecular formula is C22H24ClNO3. The van der Waals surface area contributed by atoms with Crippen LogP contribution in [0.1, 0.15) is 36.6 Å². The minimum absolute atomic E-state index is 0.0136. The predicted octanol–water partition coefficient (Wildman–Crippen LogP) is 4.80. The van der Waals surface area contributed by atoms with Gasteiger partial charge in [-0.2, -0.15) is 0 Å². The van der Waals surface area contributed by atoms with E-state index in [0.717, 1.165) is 28.7 Å². The number of nitrogens with zero attached hydrogens (tertiary/aromatic N) is 1. The molecule has 27 heavy (non-hydrogen) atoms. The zero-order valence-electron chi connectivity index (χ0n) is 16.1. The van der Waals surface area contributed by atoms with E-state index >= 15 is 0 Å². The zero-order valence-corrected chi connectivity index (χ0v) is 16.8. The summed E-state index contributed by atoms with van der Waals surface area (Å²) in [6.07, 6.45) is 2.43. The van der Waals surface area contributed by atoms with Crippen LogP contribution in [0.3, 0.4) is 0 Å². The lowest BCUT2D eigenvalue weighted by Crippen LogP contribution is -2.40. The van der Waals surface area contributed by atoms with Gasteiger partial charge < -0.3 is 14.4 Å². The number of carbonyl (C=O) groups excluding carboxylic acids is 1. The molecule has 0 N–H and O–H groups in total. The van der Waals surface area contributed by atoms with Gasteiger partial charge in [0.25, 0.3) is 0 Å². The highest BCUT2D eigenvalue weighted by molar-refractivity contribution is 6.31. The lowest BCUT2D eigenvalue weighted by Gasteiger charge is -2.38. The smallest absolute Gasteiger partial charge is 0.247 e. The van der Waals surface area contributed by atoms with Gasteiger partial charge in [0, 0.05) is 17.6 Å². The number of ether oxygens (including phenoxy) is 2. The van der Waals surface area contributed by atoms with Crippen LogP contribution < -0.4 is 9.47 Å². The topological polar surface area (TPSA) is 38.8 Å². The second-order valence-corrected chi connectivity index (χ2v) is 7.24. The van der Waals surface area contributed by atoms with E-state index in [2.05, 4.69) is 0 Å². The summed E-state index contributed by atoms with van der Waals surface area (Å²) in [5.41, 5.74) is 4.03. The van der Waals surface area contributed by atoms with Crippen molar-refractivity contribution in [1.29, 1.82) is 0 Å². The van der Waals surface area contributed by atoms with Crippen molar-refractivity contribution in [1.82, 2.24) is 4.90 Å². The van der Waals surface area contributed by atoms with Crippen LogP contribution in [0.2, 0.25) is 5.02 Å². The van der Waals surface area contributed by atoms with Gasteiger partial charge >= 0.3 is 0 Å². The van der Waals surface area contributed by atoms with Gasteiger partial charge in [-0.05, 0) is 55.2 Å². The van der Waals surface area contributed by atoms with Gasteiger partial charge in [0.1, 0.15) is 0 Å². The molecule has 1 aliphatic rings. The van der Waals surface area contributed by atoms with Crippen molar-refractivity contribution >= 4 is 17.5 Å². The van der Waals surface area contributed by atoms with Crippen LogP contribution in [0.5, 0.6) is 11.5 Å². The van der Waals surface area contributed by atoms with E-state index in [9.17, 15) is 4.79 Å². The summed E-state index contributed by atoms with van der Waals surface area (Å²) in [7, 11) is 3.24. The first-order valence-corrected chi connectivity index (χ1v) is 9.28. The van der Waals surface area contributed by atoms with Crippen molar-refractivity contribution in [2.75, 3.05) is 20.8 Å². The fourth-order valence-corrected chi connectivity index (χ4v) is 3.78. The molecule has 0 aromatic heterocycles. The number of methoxy groups -OCH3 is 2. The molecule has 5 heteroatoms. The van der Waals surface area contributed by atoms with Crippen LogP contribution in [-0.2, 0) is 11.2 Å². The van der Waals surface area contributed by atoms with E-state index in [-0.39, 0.29) is 11.9 Å². The zero-order chi connectivity index (χ0) is 19.6. The first-order valence-electron chi connectivity index (χ1n) is 8.91. The van der Waals surface area contributed by atoms with Crippen LogP contribution in [0.25, 0.3) is 0 Å². The standard InChI is InChI=1S/C22H24ClNO3/c1-14(2)11-21(25)24-10-9-15-12-19(26-3)20(27-4)13-17(15)22(24)16-7-5-6-8-18(16)23/h5-8,11-13,22H,9-10H2,1-4H3/t22-/m0/s1. The monoisotopic (exact) mass is 385 g/mol. The number of allylic oxidation sites excluding steroid dienone is 1. The maximum atomic E-state index is 12.9. The third-order valence-corrected chi connectivity index (χ3v) is 5.11. The van der Waals surface area contributed by atoms with Crippen LogP contribution in [0, 0.1) is 0 Å². The molecule has 3 rings (SSSR count). The third kappa shape index (κ3) is 3.81. The molecule has 1 amide bonds. The Morgan fingerprint density at radius 3 is 2.41 bits per heavy atom. The van der Waals surface area contributed by atoms with E-state index in [4.69, 9.17) is 21.1 Å². The van der Waals surface area contributed by atoms with Gasteiger partial charge in [-0.3, -0.25) is 4.79 Å². The van der Waals surface area contributed by atoms with Crippen molar-refractivity contribution in [3.63, 3.8) is 0 Å². The summed E-state index contributed by atoms with van der Waals surface area (Å²) in [6.45, 7) is 4.46. The number of amides is 1. The average Bonchev–Trinajstić information content (AvgIpc) is 2.65. The molecule has 0 aliphatic carbocycles. The van der Waals surface area contributed by atoms with Crippen LogP contribution in [0.4, 0.5) is 0 Å². The fourth-order valence-electron chi connectivity index (χ4n) is 3.55. The van der Waals surface area contributed by atoms with Crippen LogP contribution in [-0.4, -0.2) is 31.6 Å². The number of hydrogen-bond acceptors (Lipinski definition) is 3. The molecule has 0 bridgehead atoms. The van der Waals surface area contributed by atoms with Gasteiger partial charge in [0.05, 0.1) is 20.3 Å². The number of hydrogen-bond donors (Lipinski definition) is 0. The molecule has 1 heterocycles. The Kier molecular flexibility index (Phi) is 5.76. The number of fused-ring (bicyclic) bond motifs is 1. The summed E-state index contributed by atoms with van der Waals surface area (Å²) >= 11 is 6.52. The van der Waals surface area contributed by atoms with Crippen molar-refractivity contribution in [3.05, 3.63) is 69.8 Å². The fraction of sp³-hybridized carbons (Fsp3) is 0.318. The van der Waals surface area contributed by atoms with Crippen molar-refractivity contribution in [2.45, 2.75) is 26.3 Å². The van der Waals surface area contributed by atoms with E-state index in [0.29, 0.717) is 23.1 Å². The molecular weight excluding hydrogens is 362 g/mol. The highest BCUT2D eigenvalue weighted by Gasteiger charge is 2.33. The molecule has 0 unspecified atom stereocenters. The lowest BCUT2D eigenvalue weighted by molar-refractivity contribution is -0.128. The Hall–Kier alpha value is -2.46. The molecule has 1 aliphatic heterocycles. The van der Waals surface area contributed by atoms with Gasteiger partial charge in [0.2, 0.25) is 5.91 Å². The molecule has 4 nitrogen and oxygen atoms in total. The van der Waals surface area contributed by atoms with Crippen LogP contribution in [0.15, 0.2) is 48.0 Å². The molecule has 0 saturated heterocycles. The number of halogens is 1. The van der Waals surface area contributed by atoms with E-state index in [1.807, 2.05) is 55.1 Å². The first-order chi connectivity index (χ1) is 13.0. The summed E-state index contributed by atoms with van der Waals surface area (Å²) in [4.78, 5) is 14.8. The number of rotatable bonds is 4. The Morgan fingerprint density at radius 2 is 1.78 bits per heavy atom. The quantitative estimate of drug-likeness (QED) is 0.710. The van der Waals surface area contributed by atoms with Crippen molar-refractivity contribution in [2.24, 2.45) is 0 Å². The minimum atomic E-state index is -0.273. The summed E-state index contributed by atoms with van der Waals surface area (Å²) in [5.74, 6) is 1.32. The normalized spacial score (nSPS) is 15.7. The van der Waals surface area contributed by atoms with E-state index < -0.39 is 0 Å². The first kappa shape index (κ1) is 19.3. The molecule has 0 fully saturated rings. The van der Waals surface area contributed by atoms with Gasteiger partial charge in [-0.25, -0.2) is 0 Å². The largest absolute Gasteiger partial charge is 0.493 e.